The van der Waals surface area contributed by atoms with Crippen LogP contribution in [0.5, 0.6) is 0 Å². The van der Waals surface area contributed by atoms with E-state index in [0.29, 0.717) is 12.5 Å². The number of hydrogen-bond donors (Lipinski definition) is 2. The van der Waals surface area contributed by atoms with Crippen LogP contribution in [0.25, 0.3) is 0 Å². The normalized spacial score (nSPS) is 14.0. The first-order valence-electron chi connectivity index (χ1n) is 9.00. The van der Waals surface area contributed by atoms with Crippen LogP contribution >= 0.6 is 24.0 Å². The first-order chi connectivity index (χ1) is 12.3. The summed E-state index contributed by atoms with van der Waals surface area (Å²) in [5.74, 6) is 0.675. The van der Waals surface area contributed by atoms with Gasteiger partial charge in [-0.15, -0.1) is 24.0 Å². The zero-order chi connectivity index (χ0) is 19.2. The van der Waals surface area contributed by atoms with Gasteiger partial charge in [0.25, 0.3) is 0 Å². The number of hydrogen-bond acceptors (Lipinski definition) is 3. The third-order valence-electron chi connectivity index (χ3n) is 4.01. The molecule has 150 valence electrons. The number of carbonyl (C=O) groups is 1. The highest BCUT2D eigenvalue weighted by atomic mass is 127. The number of nitrogens with one attached hydrogen (secondary N) is 2. The summed E-state index contributed by atoms with van der Waals surface area (Å²) >= 11 is 0. The Morgan fingerprint density at radius 2 is 1.93 bits per heavy atom. The molecule has 1 aliphatic rings. The van der Waals surface area contributed by atoms with Gasteiger partial charge < -0.3 is 20.4 Å². The van der Waals surface area contributed by atoms with Crippen LogP contribution in [-0.2, 0) is 11.3 Å². The summed E-state index contributed by atoms with van der Waals surface area (Å²) in [6, 6.07) is 8.50. The Hall–Kier alpha value is -1.77. The summed E-state index contributed by atoms with van der Waals surface area (Å²) < 4.78 is 0. The third kappa shape index (κ3) is 7.78. The minimum absolute atomic E-state index is 0. The van der Waals surface area contributed by atoms with Crippen molar-refractivity contribution in [2.75, 3.05) is 38.6 Å². The standard InChI is InChI=1S/C20H31N5O.HI/c1-20(2,3)23-18(26)15-24(5)19(21-4)22-14-16-9-8-10-17(13-16)25-11-6-7-12-25;/h6-10,13H,11-12,14-15H2,1-5H3,(H,21,22)(H,23,26);1H. The number of likely N-dealkylation sites (N-methyl/N-ethyl adjacent to an activating group) is 1. The Morgan fingerprint density at radius 3 is 2.52 bits per heavy atom. The molecule has 0 atom stereocenters. The van der Waals surface area contributed by atoms with Gasteiger partial charge in [-0.2, -0.15) is 0 Å². The van der Waals surface area contributed by atoms with Crippen LogP contribution in [-0.4, -0.2) is 56.0 Å². The van der Waals surface area contributed by atoms with Crippen molar-refractivity contribution in [2.24, 2.45) is 4.99 Å². The van der Waals surface area contributed by atoms with Gasteiger partial charge in [0.2, 0.25) is 5.91 Å². The van der Waals surface area contributed by atoms with E-state index in [1.54, 1.807) is 7.05 Å². The van der Waals surface area contributed by atoms with Crippen LogP contribution in [0.4, 0.5) is 5.69 Å². The monoisotopic (exact) mass is 485 g/mol. The van der Waals surface area contributed by atoms with E-state index >= 15 is 0 Å². The molecule has 0 saturated carbocycles. The van der Waals surface area contributed by atoms with Crippen LogP contribution in [0.2, 0.25) is 0 Å². The van der Waals surface area contributed by atoms with Crippen molar-refractivity contribution < 1.29 is 4.79 Å². The largest absolute Gasteiger partial charge is 0.364 e. The summed E-state index contributed by atoms with van der Waals surface area (Å²) in [5, 5.41) is 6.30. The Labute approximate surface area is 180 Å². The van der Waals surface area contributed by atoms with Crippen molar-refractivity contribution in [3.8, 4) is 0 Å². The maximum Gasteiger partial charge on any atom is 0.240 e. The van der Waals surface area contributed by atoms with Gasteiger partial charge in [0, 0.05) is 45.0 Å². The zero-order valence-electron chi connectivity index (χ0n) is 17.0. The fourth-order valence-corrected chi connectivity index (χ4v) is 2.87. The van der Waals surface area contributed by atoms with Crippen molar-refractivity contribution >= 4 is 41.5 Å². The average molecular weight is 485 g/mol. The molecule has 6 nitrogen and oxygen atoms in total. The number of anilines is 1. The lowest BCUT2D eigenvalue weighted by Gasteiger charge is -2.25. The van der Waals surface area contributed by atoms with Gasteiger partial charge in [0.05, 0.1) is 6.54 Å². The second kappa shape index (κ2) is 10.5. The van der Waals surface area contributed by atoms with E-state index in [2.05, 4.69) is 56.9 Å². The number of aliphatic imine (C=N–C) groups is 1. The average Bonchev–Trinajstić information content (AvgIpc) is 3.08. The van der Waals surface area contributed by atoms with E-state index in [1.165, 1.54) is 11.3 Å². The van der Waals surface area contributed by atoms with Crippen LogP contribution in [0.1, 0.15) is 26.3 Å². The highest BCUT2D eigenvalue weighted by molar-refractivity contribution is 14.0. The zero-order valence-corrected chi connectivity index (χ0v) is 19.3. The molecule has 0 spiro atoms. The summed E-state index contributed by atoms with van der Waals surface area (Å²) in [7, 11) is 3.59. The van der Waals surface area contributed by atoms with E-state index in [9.17, 15) is 4.79 Å². The second-order valence-corrected chi connectivity index (χ2v) is 7.60. The first-order valence-corrected chi connectivity index (χ1v) is 9.00. The molecule has 0 radical (unpaired) electrons. The number of halogens is 1. The molecule has 1 aromatic rings. The summed E-state index contributed by atoms with van der Waals surface area (Å²) in [5.41, 5.74) is 2.17. The van der Waals surface area contributed by atoms with Crippen molar-refractivity contribution in [2.45, 2.75) is 32.9 Å². The molecule has 0 fully saturated rings. The molecule has 27 heavy (non-hydrogen) atoms. The molecule has 1 aromatic carbocycles. The third-order valence-corrected chi connectivity index (χ3v) is 4.01. The number of guanidine groups is 1. The van der Waals surface area contributed by atoms with Crippen molar-refractivity contribution in [3.63, 3.8) is 0 Å². The molecule has 7 heteroatoms. The summed E-state index contributed by atoms with van der Waals surface area (Å²) in [4.78, 5) is 20.5. The maximum absolute atomic E-state index is 12.1. The van der Waals surface area contributed by atoms with Gasteiger partial charge in [-0.1, -0.05) is 24.3 Å². The Balaban J connectivity index is 0.00000364. The van der Waals surface area contributed by atoms with Crippen molar-refractivity contribution in [1.29, 1.82) is 0 Å². The second-order valence-electron chi connectivity index (χ2n) is 7.60. The summed E-state index contributed by atoms with van der Waals surface area (Å²) in [6.45, 7) is 8.76. The van der Waals surface area contributed by atoms with Gasteiger partial charge in [-0.3, -0.25) is 9.79 Å². The van der Waals surface area contributed by atoms with Crippen LogP contribution < -0.4 is 15.5 Å². The SMILES string of the molecule is CN=C(NCc1cccc(N2CC=CC2)c1)N(C)CC(=O)NC(C)(C)C.I. The van der Waals surface area contributed by atoms with Gasteiger partial charge in [-0.05, 0) is 38.5 Å². The number of benzene rings is 1. The molecule has 1 heterocycles. The number of amides is 1. The van der Waals surface area contributed by atoms with E-state index in [4.69, 9.17) is 0 Å². The minimum atomic E-state index is -0.236. The lowest BCUT2D eigenvalue weighted by Crippen LogP contribution is -2.48. The molecule has 1 amide bonds. The van der Waals surface area contributed by atoms with Crippen molar-refractivity contribution in [1.82, 2.24) is 15.5 Å². The van der Waals surface area contributed by atoms with E-state index < -0.39 is 0 Å². The van der Waals surface area contributed by atoms with Gasteiger partial charge >= 0.3 is 0 Å². The van der Waals surface area contributed by atoms with Gasteiger partial charge in [0.15, 0.2) is 5.96 Å². The Morgan fingerprint density at radius 1 is 1.26 bits per heavy atom. The molecule has 1 aliphatic heterocycles. The predicted octanol–water partition coefficient (Wildman–Crippen LogP) is 2.60. The quantitative estimate of drug-likeness (QED) is 0.292. The highest BCUT2D eigenvalue weighted by Crippen LogP contribution is 2.18. The molecule has 0 aromatic heterocycles. The first kappa shape index (κ1) is 23.3. The van der Waals surface area contributed by atoms with Crippen LogP contribution in [0.3, 0.4) is 0 Å². The molecular weight excluding hydrogens is 453 g/mol. The Bertz CT molecular complexity index is 673. The molecule has 0 saturated heterocycles. The highest BCUT2D eigenvalue weighted by Gasteiger charge is 2.16. The fraction of sp³-hybridized carbons (Fsp3) is 0.500. The lowest BCUT2D eigenvalue weighted by molar-refractivity contribution is -0.122. The van der Waals surface area contributed by atoms with Gasteiger partial charge in [-0.25, -0.2) is 0 Å². The molecular formula is C20H32IN5O. The summed E-state index contributed by atoms with van der Waals surface area (Å²) in [6.07, 6.45) is 4.37. The van der Waals surface area contributed by atoms with Crippen molar-refractivity contribution in [3.05, 3.63) is 42.0 Å². The van der Waals surface area contributed by atoms with E-state index in [-0.39, 0.29) is 42.0 Å². The number of carbonyl (C=O) groups excluding carboxylic acids is 1. The Kier molecular flexibility index (Phi) is 9.08. The number of nitrogens with zero attached hydrogens (tertiary/aromatic N) is 3. The van der Waals surface area contributed by atoms with Gasteiger partial charge in [0.1, 0.15) is 0 Å². The predicted molar refractivity (Wildman–Crippen MR) is 124 cm³/mol. The molecule has 0 unspecified atom stereocenters. The molecule has 0 aliphatic carbocycles. The molecule has 0 bridgehead atoms. The smallest absolute Gasteiger partial charge is 0.240 e. The number of rotatable bonds is 5. The maximum atomic E-state index is 12.1. The lowest BCUT2D eigenvalue weighted by atomic mass is 10.1. The minimum Gasteiger partial charge on any atom is -0.364 e. The van der Waals surface area contributed by atoms with E-state index in [0.717, 1.165) is 13.1 Å². The topological polar surface area (TPSA) is 60.0 Å². The molecule has 2 N–H and O–H groups in total. The fourth-order valence-electron chi connectivity index (χ4n) is 2.87. The van der Waals surface area contributed by atoms with E-state index in [1.807, 2.05) is 32.7 Å². The van der Waals surface area contributed by atoms with Crippen LogP contribution in [0, 0.1) is 0 Å². The molecule has 2 rings (SSSR count). The van der Waals surface area contributed by atoms with Crippen LogP contribution in [0.15, 0.2) is 41.4 Å².